The number of aromatic nitrogens is 1. The molecule has 2 aromatic carbocycles. The zero-order valence-corrected chi connectivity index (χ0v) is 20.9. The number of pyridine rings is 1. The lowest BCUT2D eigenvalue weighted by molar-refractivity contribution is -0.140. The highest BCUT2D eigenvalue weighted by molar-refractivity contribution is 6.06. The molecule has 1 aromatic heterocycles. The molecule has 38 heavy (non-hydrogen) atoms. The van der Waals surface area contributed by atoms with Gasteiger partial charge in [0.1, 0.15) is 24.4 Å². The number of carbonyl (C=O) groups is 4. The van der Waals surface area contributed by atoms with Crippen LogP contribution in [-0.4, -0.2) is 46.0 Å². The summed E-state index contributed by atoms with van der Waals surface area (Å²) in [6, 6.07) is 14.1. The molecule has 0 saturated heterocycles. The third-order valence-electron chi connectivity index (χ3n) is 6.06. The molecule has 3 N–H and O–H groups in total. The molecule has 3 aromatic rings. The number of ketones is 1. The third kappa shape index (κ3) is 6.78. The Morgan fingerprint density at radius 3 is 2.21 bits per heavy atom. The number of rotatable bonds is 11. The smallest absolute Gasteiger partial charge is 0.305 e. The van der Waals surface area contributed by atoms with Crippen molar-refractivity contribution >= 4 is 29.3 Å². The Balaban J connectivity index is 1.99. The van der Waals surface area contributed by atoms with Crippen molar-refractivity contribution in [2.45, 2.75) is 38.8 Å². The first kappa shape index (κ1) is 28.0. The number of nitrogens with one attached hydrogen (secondary N) is 2. The molecule has 10 heteroatoms. The van der Waals surface area contributed by atoms with E-state index in [1.54, 1.807) is 56.3 Å². The molecule has 0 bridgehead atoms. The number of benzene rings is 2. The number of halogens is 1. The summed E-state index contributed by atoms with van der Waals surface area (Å²) in [6.45, 7) is 2.09. The van der Waals surface area contributed by atoms with Crippen molar-refractivity contribution in [1.82, 2.24) is 9.88 Å². The number of carbonyl (C=O) groups excluding carboxylic acids is 3. The van der Waals surface area contributed by atoms with E-state index in [2.05, 4.69) is 10.6 Å². The van der Waals surface area contributed by atoms with Gasteiger partial charge in [0.15, 0.2) is 5.78 Å². The lowest BCUT2D eigenvalue weighted by Gasteiger charge is -2.23. The van der Waals surface area contributed by atoms with Crippen LogP contribution in [0.5, 0.6) is 0 Å². The van der Waals surface area contributed by atoms with Gasteiger partial charge in [0.05, 0.1) is 6.42 Å². The summed E-state index contributed by atoms with van der Waals surface area (Å²) >= 11 is 0. The zero-order chi connectivity index (χ0) is 27.8. The van der Waals surface area contributed by atoms with Crippen LogP contribution in [0.4, 0.5) is 10.1 Å². The molecule has 198 valence electrons. The third-order valence-corrected chi connectivity index (χ3v) is 6.06. The first-order valence-electron chi connectivity index (χ1n) is 11.9. The van der Waals surface area contributed by atoms with E-state index in [1.807, 2.05) is 6.07 Å². The van der Waals surface area contributed by atoms with Gasteiger partial charge in [0.25, 0.3) is 11.5 Å². The minimum absolute atomic E-state index is 0.00445. The topological polar surface area (TPSA) is 135 Å². The normalized spacial score (nSPS) is 12.3. The lowest BCUT2D eigenvalue weighted by Crippen LogP contribution is -2.47. The molecule has 0 aliphatic rings. The number of amides is 2. The number of aliphatic carboxylic acids is 1. The maximum atomic E-state index is 13.4. The van der Waals surface area contributed by atoms with Gasteiger partial charge in [0.2, 0.25) is 5.91 Å². The zero-order valence-electron chi connectivity index (χ0n) is 20.9. The summed E-state index contributed by atoms with van der Waals surface area (Å²) in [5, 5.41) is 14.0. The maximum Gasteiger partial charge on any atom is 0.305 e. The van der Waals surface area contributed by atoms with Crippen LogP contribution in [0.1, 0.15) is 39.5 Å². The standard InChI is InChI=1S/C28H28FN3O6/c1-17-8-6-9-18(2)25(17)27(37)30-20-12-7-13-32(28(20)38)22(14-19-10-4-3-5-11-19)26(36)31-21(15-24(34)35)23(33)16-29/h3-13,21-22H,14-16H2,1-2H3,(H,30,37)(H,31,36)(H,34,35)/t21-,22-/m0/s1. The number of hydrogen-bond donors (Lipinski definition) is 3. The summed E-state index contributed by atoms with van der Waals surface area (Å²) in [4.78, 5) is 62.9. The molecule has 1 heterocycles. The second kappa shape index (κ2) is 12.6. The monoisotopic (exact) mass is 521 g/mol. The number of carboxylic acid groups (broad SMARTS) is 1. The van der Waals surface area contributed by atoms with Gasteiger partial charge in [-0.15, -0.1) is 0 Å². The van der Waals surface area contributed by atoms with E-state index in [0.717, 1.165) is 15.7 Å². The molecule has 2 atom stereocenters. The number of anilines is 1. The molecule has 0 aliphatic carbocycles. The highest BCUT2D eigenvalue weighted by Gasteiger charge is 2.29. The Labute approximate surface area is 218 Å². The van der Waals surface area contributed by atoms with E-state index in [1.165, 1.54) is 18.3 Å². The van der Waals surface area contributed by atoms with Crippen LogP contribution in [0.25, 0.3) is 0 Å². The van der Waals surface area contributed by atoms with Crippen LogP contribution in [0.3, 0.4) is 0 Å². The summed E-state index contributed by atoms with van der Waals surface area (Å²) < 4.78 is 14.2. The van der Waals surface area contributed by atoms with Crippen LogP contribution in [-0.2, 0) is 20.8 Å². The van der Waals surface area contributed by atoms with Crippen LogP contribution in [0.15, 0.2) is 71.7 Å². The van der Waals surface area contributed by atoms with Gasteiger partial charge in [0, 0.05) is 18.2 Å². The molecule has 0 spiro atoms. The molecular formula is C28H28FN3O6. The Morgan fingerprint density at radius 1 is 0.947 bits per heavy atom. The van der Waals surface area contributed by atoms with Gasteiger partial charge in [-0.25, -0.2) is 4.39 Å². The van der Waals surface area contributed by atoms with Crippen molar-refractivity contribution in [1.29, 1.82) is 0 Å². The summed E-state index contributed by atoms with van der Waals surface area (Å²) in [5.74, 6) is -3.83. The van der Waals surface area contributed by atoms with Gasteiger partial charge in [-0.2, -0.15) is 0 Å². The minimum Gasteiger partial charge on any atom is -0.481 e. The Bertz CT molecular complexity index is 1380. The minimum atomic E-state index is -1.61. The number of aryl methyl sites for hydroxylation is 2. The summed E-state index contributed by atoms with van der Waals surface area (Å²) in [5.41, 5.74) is 1.78. The van der Waals surface area contributed by atoms with E-state index < -0.39 is 54.3 Å². The second-order valence-electron chi connectivity index (χ2n) is 8.82. The summed E-state index contributed by atoms with van der Waals surface area (Å²) in [6.07, 6.45) is 0.547. The van der Waals surface area contributed by atoms with Crippen molar-refractivity contribution in [3.63, 3.8) is 0 Å². The highest BCUT2D eigenvalue weighted by atomic mass is 19.1. The molecule has 3 rings (SSSR count). The van der Waals surface area contributed by atoms with Gasteiger partial charge in [-0.05, 0) is 42.7 Å². The van der Waals surface area contributed by atoms with Crippen molar-refractivity contribution in [2.24, 2.45) is 0 Å². The SMILES string of the molecule is Cc1cccc(C)c1C(=O)Nc1cccn([C@@H](Cc2ccccc2)C(=O)N[C@@H](CC(=O)O)C(=O)CF)c1=O. The average molecular weight is 522 g/mol. The molecule has 0 unspecified atom stereocenters. The Hall–Kier alpha value is -4.60. The maximum absolute atomic E-state index is 13.4. The highest BCUT2D eigenvalue weighted by Crippen LogP contribution is 2.18. The van der Waals surface area contributed by atoms with Crippen LogP contribution < -0.4 is 16.2 Å². The number of Topliss-reactive ketones (excluding diaryl/α,β-unsaturated/α-hetero) is 1. The number of hydrogen-bond acceptors (Lipinski definition) is 5. The van der Waals surface area contributed by atoms with E-state index in [9.17, 15) is 28.4 Å². The fourth-order valence-corrected chi connectivity index (χ4v) is 4.14. The fraction of sp³-hybridized carbons (Fsp3) is 0.250. The molecule has 0 fully saturated rings. The largest absolute Gasteiger partial charge is 0.481 e. The van der Waals surface area contributed by atoms with Crippen LogP contribution in [0, 0.1) is 13.8 Å². The molecule has 9 nitrogen and oxygen atoms in total. The van der Waals surface area contributed by atoms with Crippen molar-refractivity contribution in [3.8, 4) is 0 Å². The summed E-state index contributed by atoms with van der Waals surface area (Å²) in [7, 11) is 0. The number of carboxylic acids is 1. The van der Waals surface area contributed by atoms with E-state index in [4.69, 9.17) is 5.11 Å². The van der Waals surface area contributed by atoms with Gasteiger partial charge in [-0.1, -0.05) is 48.5 Å². The number of alkyl halides is 1. The van der Waals surface area contributed by atoms with Crippen molar-refractivity contribution < 1.29 is 28.7 Å². The van der Waals surface area contributed by atoms with Gasteiger partial charge in [-0.3, -0.25) is 24.0 Å². The van der Waals surface area contributed by atoms with E-state index in [0.29, 0.717) is 11.1 Å². The first-order valence-corrected chi connectivity index (χ1v) is 11.9. The predicted molar refractivity (Wildman–Crippen MR) is 139 cm³/mol. The van der Waals surface area contributed by atoms with Gasteiger partial charge < -0.3 is 20.3 Å². The van der Waals surface area contributed by atoms with Crippen molar-refractivity contribution in [3.05, 3.63) is 99.5 Å². The van der Waals surface area contributed by atoms with E-state index in [-0.39, 0.29) is 12.1 Å². The Kier molecular flexibility index (Phi) is 9.26. The van der Waals surface area contributed by atoms with Crippen LogP contribution >= 0.6 is 0 Å². The van der Waals surface area contributed by atoms with Gasteiger partial charge >= 0.3 is 5.97 Å². The molecule has 2 amide bonds. The second-order valence-corrected chi connectivity index (χ2v) is 8.82. The first-order chi connectivity index (χ1) is 18.1. The average Bonchev–Trinajstić information content (AvgIpc) is 2.88. The number of nitrogens with zero attached hydrogens (tertiary/aromatic N) is 1. The molecule has 0 radical (unpaired) electrons. The Morgan fingerprint density at radius 2 is 1.61 bits per heavy atom. The van der Waals surface area contributed by atoms with E-state index >= 15 is 0 Å². The fourth-order valence-electron chi connectivity index (χ4n) is 4.14. The predicted octanol–water partition coefficient (Wildman–Crippen LogP) is 3.00. The van der Waals surface area contributed by atoms with Crippen LogP contribution in [0.2, 0.25) is 0 Å². The molecular weight excluding hydrogens is 493 g/mol. The van der Waals surface area contributed by atoms with Crippen molar-refractivity contribution in [2.75, 3.05) is 12.0 Å². The molecule has 0 aliphatic heterocycles. The lowest BCUT2D eigenvalue weighted by atomic mass is 10.0. The quantitative estimate of drug-likeness (QED) is 0.355. The molecule has 0 saturated carbocycles.